The normalized spacial score (nSPS) is 37.6. The molecular formula is C10H20N2O. The molecule has 0 radical (unpaired) electrons. The topological polar surface area (TPSA) is 24.5 Å². The van der Waals surface area contributed by atoms with E-state index < -0.39 is 0 Å². The highest BCUT2D eigenvalue weighted by atomic mass is 16.5. The lowest BCUT2D eigenvalue weighted by Gasteiger charge is -2.27. The second-order valence-electron chi connectivity index (χ2n) is 4.27. The lowest BCUT2D eigenvalue weighted by atomic mass is 10.1. The molecule has 2 unspecified atom stereocenters. The summed E-state index contributed by atoms with van der Waals surface area (Å²) in [6.07, 6.45) is 2.89. The Bertz CT molecular complexity index is 157. The molecule has 0 aliphatic carbocycles. The first-order chi connectivity index (χ1) is 6.36. The summed E-state index contributed by atoms with van der Waals surface area (Å²) >= 11 is 0. The highest BCUT2D eigenvalue weighted by Crippen LogP contribution is 2.18. The third-order valence-corrected chi connectivity index (χ3v) is 2.93. The molecule has 2 aliphatic rings. The van der Waals surface area contributed by atoms with Crippen molar-refractivity contribution in [3.05, 3.63) is 0 Å². The number of nitrogens with zero attached hydrogens (tertiary/aromatic N) is 1. The van der Waals surface area contributed by atoms with E-state index in [4.69, 9.17) is 4.74 Å². The van der Waals surface area contributed by atoms with Gasteiger partial charge in [-0.1, -0.05) is 6.92 Å². The summed E-state index contributed by atoms with van der Waals surface area (Å²) in [4.78, 5) is 2.50. The molecule has 0 amide bonds. The molecule has 0 bridgehead atoms. The summed E-state index contributed by atoms with van der Waals surface area (Å²) in [6, 6.07) is 0. The molecule has 0 spiro atoms. The Kier molecular flexibility index (Phi) is 3.19. The molecule has 2 atom stereocenters. The molecule has 3 heteroatoms. The smallest absolute Gasteiger partial charge is 0.110 e. The molecule has 0 aromatic carbocycles. The van der Waals surface area contributed by atoms with Crippen LogP contribution in [0.15, 0.2) is 0 Å². The van der Waals surface area contributed by atoms with Crippen LogP contribution >= 0.6 is 0 Å². The van der Waals surface area contributed by atoms with Crippen molar-refractivity contribution in [2.75, 3.05) is 32.8 Å². The Balaban J connectivity index is 1.88. The number of ether oxygens (including phenoxy) is 1. The van der Waals surface area contributed by atoms with Crippen LogP contribution in [0.2, 0.25) is 0 Å². The maximum Gasteiger partial charge on any atom is 0.110 e. The monoisotopic (exact) mass is 184 g/mol. The van der Waals surface area contributed by atoms with E-state index in [1.165, 1.54) is 19.4 Å². The zero-order chi connectivity index (χ0) is 9.10. The van der Waals surface area contributed by atoms with Gasteiger partial charge in [0.2, 0.25) is 0 Å². The van der Waals surface area contributed by atoms with Crippen LogP contribution < -0.4 is 5.32 Å². The Morgan fingerprint density at radius 3 is 3.15 bits per heavy atom. The van der Waals surface area contributed by atoms with Crippen molar-refractivity contribution < 1.29 is 4.74 Å². The van der Waals surface area contributed by atoms with E-state index in [1.807, 2.05) is 0 Å². The molecule has 1 N–H and O–H groups in total. The van der Waals surface area contributed by atoms with Crippen molar-refractivity contribution in [2.24, 2.45) is 5.92 Å². The Labute approximate surface area is 80.4 Å². The Morgan fingerprint density at radius 1 is 1.46 bits per heavy atom. The maximum atomic E-state index is 5.69. The van der Waals surface area contributed by atoms with Crippen LogP contribution in [0, 0.1) is 5.92 Å². The van der Waals surface area contributed by atoms with Crippen LogP contribution in [0.1, 0.15) is 19.8 Å². The summed E-state index contributed by atoms with van der Waals surface area (Å²) in [5.41, 5.74) is 0. The molecule has 2 fully saturated rings. The van der Waals surface area contributed by atoms with Gasteiger partial charge in [-0.15, -0.1) is 0 Å². The third-order valence-electron chi connectivity index (χ3n) is 2.93. The van der Waals surface area contributed by atoms with E-state index in [-0.39, 0.29) is 0 Å². The Morgan fingerprint density at radius 2 is 2.38 bits per heavy atom. The molecule has 0 saturated carbocycles. The third kappa shape index (κ3) is 2.42. The fourth-order valence-corrected chi connectivity index (χ4v) is 2.24. The van der Waals surface area contributed by atoms with Crippen LogP contribution in [0.25, 0.3) is 0 Å². The van der Waals surface area contributed by atoms with Crippen molar-refractivity contribution in [3.8, 4) is 0 Å². The largest absolute Gasteiger partial charge is 0.363 e. The van der Waals surface area contributed by atoms with Gasteiger partial charge in [-0.25, -0.2) is 0 Å². The summed E-state index contributed by atoms with van der Waals surface area (Å²) in [5.74, 6) is 0.756. The first-order valence-electron chi connectivity index (χ1n) is 5.42. The lowest BCUT2D eigenvalue weighted by Crippen LogP contribution is -2.38. The summed E-state index contributed by atoms with van der Waals surface area (Å²) < 4.78 is 5.69. The van der Waals surface area contributed by atoms with Crippen molar-refractivity contribution in [1.82, 2.24) is 10.2 Å². The van der Waals surface area contributed by atoms with Crippen LogP contribution in [0.4, 0.5) is 0 Å². The lowest BCUT2D eigenvalue weighted by molar-refractivity contribution is -0.0210. The van der Waals surface area contributed by atoms with Gasteiger partial charge in [0, 0.05) is 26.2 Å². The molecule has 2 rings (SSSR count). The van der Waals surface area contributed by atoms with Gasteiger partial charge < -0.3 is 10.1 Å². The van der Waals surface area contributed by atoms with Gasteiger partial charge in [0.15, 0.2) is 0 Å². The molecule has 2 heterocycles. The molecular weight excluding hydrogens is 164 g/mol. The predicted molar refractivity (Wildman–Crippen MR) is 52.6 cm³/mol. The molecule has 76 valence electrons. The van der Waals surface area contributed by atoms with E-state index in [2.05, 4.69) is 17.1 Å². The zero-order valence-corrected chi connectivity index (χ0v) is 8.46. The number of rotatable bonds is 1. The molecule has 0 aromatic heterocycles. The Hall–Kier alpha value is -0.120. The minimum Gasteiger partial charge on any atom is -0.363 e. The summed E-state index contributed by atoms with van der Waals surface area (Å²) in [5, 5.41) is 3.45. The minimum absolute atomic E-state index is 0.419. The van der Waals surface area contributed by atoms with Crippen molar-refractivity contribution >= 4 is 0 Å². The molecule has 13 heavy (non-hydrogen) atoms. The number of hydrogen-bond donors (Lipinski definition) is 1. The summed E-state index contributed by atoms with van der Waals surface area (Å²) in [6.45, 7) is 7.88. The standard InChI is InChI=1S/C10H20N2O/c1-9-7-11-4-5-12(8-9)10-3-2-6-13-10/h9-11H,2-8H2,1H3. The van der Waals surface area contributed by atoms with Crippen LogP contribution in [-0.2, 0) is 4.74 Å². The highest BCUT2D eigenvalue weighted by molar-refractivity contribution is 4.75. The molecule has 0 aromatic rings. The van der Waals surface area contributed by atoms with E-state index in [0.717, 1.165) is 32.2 Å². The average molecular weight is 184 g/mol. The fraction of sp³-hybridized carbons (Fsp3) is 1.00. The van der Waals surface area contributed by atoms with Gasteiger partial charge in [0.05, 0.1) is 0 Å². The molecule has 3 nitrogen and oxygen atoms in total. The maximum absolute atomic E-state index is 5.69. The van der Waals surface area contributed by atoms with Gasteiger partial charge >= 0.3 is 0 Å². The van der Waals surface area contributed by atoms with E-state index in [0.29, 0.717) is 6.23 Å². The SMILES string of the molecule is CC1CNCCN(C2CCCO2)C1. The summed E-state index contributed by atoms with van der Waals surface area (Å²) in [7, 11) is 0. The first kappa shape index (κ1) is 9.44. The fourth-order valence-electron chi connectivity index (χ4n) is 2.24. The second-order valence-corrected chi connectivity index (χ2v) is 4.27. The second kappa shape index (κ2) is 4.40. The van der Waals surface area contributed by atoms with E-state index in [9.17, 15) is 0 Å². The van der Waals surface area contributed by atoms with E-state index in [1.54, 1.807) is 0 Å². The highest BCUT2D eigenvalue weighted by Gasteiger charge is 2.25. The average Bonchev–Trinajstić information content (AvgIpc) is 2.56. The van der Waals surface area contributed by atoms with Gasteiger partial charge in [-0.05, 0) is 25.3 Å². The van der Waals surface area contributed by atoms with Crippen LogP contribution in [0.5, 0.6) is 0 Å². The first-order valence-corrected chi connectivity index (χ1v) is 5.42. The van der Waals surface area contributed by atoms with Crippen molar-refractivity contribution in [1.29, 1.82) is 0 Å². The van der Waals surface area contributed by atoms with Gasteiger partial charge in [-0.3, -0.25) is 4.90 Å². The van der Waals surface area contributed by atoms with E-state index >= 15 is 0 Å². The molecule has 2 aliphatic heterocycles. The molecule has 2 saturated heterocycles. The minimum atomic E-state index is 0.419. The predicted octanol–water partition coefficient (Wildman–Crippen LogP) is 0.664. The van der Waals surface area contributed by atoms with Gasteiger partial charge in [0.1, 0.15) is 6.23 Å². The zero-order valence-electron chi connectivity index (χ0n) is 8.46. The van der Waals surface area contributed by atoms with Crippen LogP contribution in [-0.4, -0.2) is 43.9 Å². The number of hydrogen-bond acceptors (Lipinski definition) is 3. The van der Waals surface area contributed by atoms with Crippen LogP contribution in [0.3, 0.4) is 0 Å². The van der Waals surface area contributed by atoms with Gasteiger partial charge in [-0.2, -0.15) is 0 Å². The van der Waals surface area contributed by atoms with Crippen molar-refractivity contribution in [3.63, 3.8) is 0 Å². The van der Waals surface area contributed by atoms with Crippen molar-refractivity contribution in [2.45, 2.75) is 26.0 Å². The number of nitrogens with one attached hydrogen (secondary N) is 1. The quantitative estimate of drug-likeness (QED) is 0.648. The van der Waals surface area contributed by atoms with Gasteiger partial charge in [0.25, 0.3) is 0 Å².